The van der Waals surface area contributed by atoms with Crippen LogP contribution in [-0.4, -0.2) is 38.1 Å². The number of rotatable bonds is 13. The molecule has 0 saturated heterocycles. The molecule has 0 rings (SSSR count). The van der Waals surface area contributed by atoms with Gasteiger partial charge in [0.1, 0.15) is 0 Å². The standard InChI is InChI=1S/C14H31N.C6H10O2.BrH/c1-4-5-6-7-8-9-10-11-12-13-14-15(2)3;1-4-8-6(7)5(2)3;/h4-14H2,1-3H3;2,4H2,1,3H3;1H. The predicted octanol–water partition coefficient (Wildman–Crippen LogP) is 6.17. The number of nitrogens with zero attached hydrogens (tertiary/aromatic N) is 1. The molecule has 0 spiro atoms. The third kappa shape index (κ3) is 26.5. The van der Waals surface area contributed by atoms with E-state index in [1.54, 1.807) is 13.8 Å². The van der Waals surface area contributed by atoms with Gasteiger partial charge in [0.25, 0.3) is 0 Å². The molecule has 0 aromatic heterocycles. The van der Waals surface area contributed by atoms with Gasteiger partial charge in [-0.15, -0.1) is 17.0 Å². The van der Waals surface area contributed by atoms with Crippen LogP contribution in [0.2, 0.25) is 0 Å². The van der Waals surface area contributed by atoms with Gasteiger partial charge in [0.05, 0.1) is 6.61 Å². The van der Waals surface area contributed by atoms with Gasteiger partial charge in [-0.2, -0.15) is 0 Å². The van der Waals surface area contributed by atoms with Crippen molar-refractivity contribution in [2.45, 2.75) is 85.0 Å². The van der Waals surface area contributed by atoms with E-state index in [0.717, 1.165) is 0 Å². The van der Waals surface area contributed by atoms with Crippen LogP contribution in [0.4, 0.5) is 0 Å². The second-order valence-electron chi connectivity index (χ2n) is 6.49. The second kappa shape index (κ2) is 22.6. The zero-order valence-corrected chi connectivity index (χ0v) is 18.6. The minimum atomic E-state index is -0.312. The average Bonchev–Trinajstić information content (AvgIpc) is 2.49. The first-order chi connectivity index (χ1) is 11.0. The smallest absolute Gasteiger partial charge is 0.333 e. The van der Waals surface area contributed by atoms with E-state index in [9.17, 15) is 4.79 Å². The van der Waals surface area contributed by atoms with Gasteiger partial charge >= 0.3 is 5.97 Å². The Kier molecular flexibility index (Phi) is 26.9. The summed E-state index contributed by atoms with van der Waals surface area (Å²) in [5, 5.41) is 0. The summed E-state index contributed by atoms with van der Waals surface area (Å²) in [5.74, 6) is -0.312. The Morgan fingerprint density at radius 1 is 0.875 bits per heavy atom. The minimum absolute atomic E-state index is 0. The number of esters is 1. The summed E-state index contributed by atoms with van der Waals surface area (Å²) < 4.78 is 4.56. The first-order valence-electron chi connectivity index (χ1n) is 9.43. The van der Waals surface area contributed by atoms with Gasteiger partial charge in [-0.1, -0.05) is 71.3 Å². The molecule has 3 nitrogen and oxygen atoms in total. The van der Waals surface area contributed by atoms with E-state index in [-0.39, 0.29) is 23.0 Å². The molecule has 0 saturated carbocycles. The molecule has 24 heavy (non-hydrogen) atoms. The largest absolute Gasteiger partial charge is 0.463 e. The van der Waals surface area contributed by atoms with Crippen LogP contribution in [0.3, 0.4) is 0 Å². The number of hydrogen-bond acceptors (Lipinski definition) is 3. The number of unbranched alkanes of at least 4 members (excludes halogenated alkanes) is 9. The molecule has 0 heterocycles. The summed E-state index contributed by atoms with van der Waals surface area (Å²) in [7, 11) is 4.32. The SMILES string of the molecule is Br.C=C(C)C(=O)OCC.CCCCCCCCCCCCN(C)C. The summed E-state index contributed by atoms with van der Waals surface area (Å²) in [4.78, 5) is 12.7. The fourth-order valence-corrected chi connectivity index (χ4v) is 2.17. The molecule has 0 fully saturated rings. The number of halogens is 1. The van der Waals surface area contributed by atoms with Crippen molar-refractivity contribution in [2.24, 2.45) is 0 Å². The van der Waals surface area contributed by atoms with Gasteiger partial charge in [-0.3, -0.25) is 0 Å². The molecule has 0 amide bonds. The van der Waals surface area contributed by atoms with Gasteiger partial charge in [0.2, 0.25) is 0 Å². The van der Waals surface area contributed by atoms with Crippen LogP contribution in [-0.2, 0) is 9.53 Å². The fourth-order valence-electron chi connectivity index (χ4n) is 2.17. The van der Waals surface area contributed by atoms with Gasteiger partial charge in [-0.25, -0.2) is 4.79 Å². The molecule has 4 heteroatoms. The Morgan fingerprint density at radius 2 is 1.29 bits per heavy atom. The molecule has 0 bridgehead atoms. The quantitative estimate of drug-likeness (QED) is 0.207. The Balaban J connectivity index is -0.000000419. The van der Waals surface area contributed by atoms with E-state index < -0.39 is 0 Å². The summed E-state index contributed by atoms with van der Waals surface area (Å²) in [6.07, 6.45) is 14.4. The van der Waals surface area contributed by atoms with Crippen molar-refractivity contribution in [1.82, 2.24) is 4.90 Å². The monoisotopic (exact) mass is 407 g/mol. The zero-order valence-electron chi connectivity index (χ0n) is 16.9. The lowest BCUT2D eigenvalue weighted by Gasteiger charge is -2.08. The summed E-state index contributed by atoms with van der Waals surface area (Å²) in [5.41, 5.74) is 0.451. The zero-order chi connectivity index (χ0) is 17.9. The van der Waals surface area contributed by atoms with Crippen LogP contribution in [0.1, 0.15) is 85.0 Å². The number of hydrogen-bond donors (Lipinski definition) is 0. The molecule has 0 aliphatic heterocycles. The maximum atomic E-state index is 10.4. The van der Waals surface area contributed by atoms with Gasteiger partial charge in [0.15, 0.2) is 0 Å². The van der Waals surface area contributed by atoms with E-state index in [1.807, 2.05) is 0 Å². The highest BCUT2D eigenvalue weighted by Crippen LogP contribution is 2.10. The molecular weight excluding hydrogens is 366 g/mol. The van der Waals surface area contributed by atoms with Crippen LogP contribution in [0.15, 0.2) is 12.2 Å². The molecule has 146 valence electrons. The lowest BCUT2D eigenvalue weighted by molar-refractivity contribution is -0.138. The van der Waals surface area contributed by atoms with Gasteiger partial charge < -0.3 is 9.64 Å². The molecule has 0 unspecified atom stereocenters. The third-order valence-corrected chi connectivity index (χ3v) is 3.58. The van der Waals surface area contributed by atoms with Crippen molar-refractivity contribution >= 4 is 23.0 Å². The van der Waals surface area contributed by atoms with Crippen molar-refractivity contribution in [3.8, 4) is 0 Å². The number of carbonyl (C=O) groups excluding carboxylic acids is 1. The Labute approximate surface area is 162 Å². The normalized spacial score (nSPS) is 9.75. The first-order valence-corrected chi connectivity index (χ1v) is 9.43. The molecule has 0 aromatic rings. The van der Waals surface area contributed by atoms with Crippen molar-refractivity contribution < 1.29 is 9.53 Å². The molecule has 0 radical (unpaired) electrons. The minimum Gasteiger partial charge on any atom is -0.463 e. The topological polar surface area (TPSA) is 29.5 Å². The predicted molar refractivity (Wildman–Crippen MR) is 112 cm³/mol. The van der Waals surface area contributed by atoms with E-state index in [1.165, 1.54) is 70.8 Å². The van der Waals surface area contributed by atoms with E-state index in [4.69, 9.17) is 0 Å². The summed E-state index contributed by atoms with van der Waals surface area (Å²) in [6, 6.07) is 0. The van der Waals surface area contributed by atoms with Crippen molar-refractivity contribution in [1.29, 1.82) is 0 Å². The molecule has 0 aromatic carbocycles. The highest BCUT2D eigenvalue weighted by molar-refractivity contribution is 8.93. The maximum absolute atomic E-state index is 10.4. The van der Waals surface area contributed by atoms with Crippen LogP contribution >= 0.6 is 17.0 Å². The highest BCUT2D eigenvalue weighted by atomic mass is 79.9. The number of carbonyl (C=O) groups is 1. The Bertz CT molecular complexity index is 281. The van der Waals surface area contributed by atoms with E-state index >= 15 is 0 Å². The number of ether oxygens (including phenoxy) is 1. The first kappa shape index (κ1) is 28.5. The summed E-state index contributed by atoms with van der Waals surface area (Å²) >= 11 is 0. The second-order valence-corrected chi connectivity index (χ2v) is 6.49. The Morgan fingerprint density at radius 3 is 1.58 bits per heavy atom. The maximum Gasteiger partial charge on any atom is 0.333 e. The molecule has 0 aliphatic rings. The molecule has 0 aliphatic carbocycles. The van der Waals surface area contributed by atoms with E-state index in [2.05, 4.69) is 37.2 Å². The lowest BCUT2D eigenvalue weighted by Crippen LogP contribution is -2.12. The average molecular weight is 408 g/mol. The van der Waals surface area contributed by atoms with Crippen molar-refractivity contribution in [3.05, 3.63) is 12.2 Å². The van der Waals surface area contributed by atoms with E-state index in [0.29, 0.717) is 12.2 Å². The molecule has 0 atom stereocenters. The van der Waals surface area contributed by atoms with Crippen LogP contribution in [0.5, 0.6) is 0 Å². The van der Waals surface area contributed by atoms with Gasteiger partial charge in [-0.05, 0) is 40.9 Å². The van der Waals surface area contributed by atoms with Gasteiger partial charge in [0, 0.05) is 5.57 Å². The van der Waals surface area contributed by atoms with Crippen molar-refractivity contribution in [3.63, 3.8) is 0 Å². The molecular formula is C20H42BrNO2. The van der Waals surface area contributed by atoms with Crippen LogP contribution in [0.25, 0.3) is 0 Å². The fraction of sp³-hybridized carbons (Fsp3) is 0.850. The van der Waals surface area contributed by atoms with Crippen LogP contribution < -0.4 is 0 Å². The molecule has 0 N–H and O–H groups in total. The van der Waals surface area contributed by atoms with Crippen LogP contribution in [0, 0.1) is 0 Å². The Hall–Kier alpha value is -0.350. The summed E-state index contributed by atoms with van der Waals surface area (Å²) in [6.45, 7) is 10.8. The third-order valence-electron chi connectivity index (χ3n) is 3.58. The van der Waals surface area contributed by atoms with Crippen molar-refractivity contribution in [2.75, 3.05) is 27.2 Å². The lowest BCUT2D eigenvalue weighted by atomic mass is 10.1. The highest BCUT2D eigenvalue weighted by Gasteiger charge is 1.98.